The standard InChI is InChI=1S/C22H16BrN5O8/c1-34-15-2-4-16(5-3-15)35-18-9-13(8-14(10-18)27(30)31)24-22(29)20-7-6-17(36-20)11-26-12-19(23)21(25-26)28(32)33/h2-10,12H,11H2,1H3,(H,24,29). The molecule has 36 heavy (non-hydrogen) atoms. The number of nitro groups is 2. The highest BCUT2D eigenvalue weighted by Crippen LogP contribution is 2.31. The number of halogens is 1. The minimum Gasteiger partial charge on any atom is -0.497 e. The summed E-state index contributed by atoms with van der Waals surface area (Å²) in [7, 11) is 1.52. The molecule has 1 amide bonds. The summed E-state index contributed by atoms with van der Waals surface area (Å²) in [5.74, 6) is 0.390. The number of nitro benzene ring substituents is 1. The summed E-state index contributed by atoms with van der Waals surface area (Å²) in [6.07, 6.45) is 1.41. The van der Waals surface area contributed by atoms with Crippen LogP contribution in [0.25, 0.3) is 0 Å². The Kier molecular flexibility index (Phi) is 6.96. The van der Waals surface area contributed by atoms with Crippen LogP contribution in [-0.4, -0.2) is 32.6 Å². The first kappa shape index (κ1) is 24.4. The largest absolute Gasteiger partial charge is 0.497 e. The second kappa shape index (κ2) is 10.3. The fourth-order valence-electron chi connectivity index (χ4n) is 3.13. The predicted octanol–water partition coefficient (Wildman–Crippen LogP) is 5.16. The van der Waals surface area contributed by atoms with Crippen LogP contribution in [0.15, 0.2) is 69.7 Å². The molecule has 184 valence electrons. The molecule has 2 aromatic heterocycles. The molecule has 0 aliphatic rings. The third-order valence-corrected chi connectivity index (χ3v) is 5.29. The maximum atomic E-state index is 12.7. The van der Waals surface area contributed by atoms with Gasteiger partial charge in [0.05, 0.1) is 35.1 Å². The van der Waals surface area contributed by atoms with Gasteiger partial charge in [0.1, 0.15) is 34.0 Å². The zero-order valence-corrected chi connectivity index (χ0v) is 20.0. The van der Waals surface area contributed by atoms with Crippen molar-refractivity contribution in [3.8, 4) is 17.2 Å². The topological polar surface area (TPSA) is 165 Å². The van der Waals surface area contributed by atoms with Crippen molar-refractivity contribution in [1.29, 1.82) is 0 Å². The molecule has 0 unspecified atom stereocenters. The molecule has 0 saturated heterocycles. The number of amides is 1. The molecule has 0 aliphatic carbocycles. The molecule has 0 fully saturated rings. The zero-order valence-electron chi connectivity index (χ0n) is 18.4. The number of nitrogens with zero attached hydrogens (tertiary/aromatic N) is 4. The van der Waals surface area contributed by atoms with Gasteiger partial charge in [-0.25, -0.2) is 0 Å². The first-order valence-electron chi connectivity index (χ1n) is 10.1. The van der Waals surface area contributed by atoms with Gasteiger partial charge in [-0.05, 0) is 57.3 Å². The Morgan fingerprint density at radius 3 is 2.42 bits per heavy atom. The average Bonchev–Trinajstić information content (AvgIpc) is 3.46. The highest BCUT2D eigenvalue weighted by molar-refractivity contribution is 9.10. The molecule has 14 heteroatoms. The van der Waals surface area contributed by atoms with E-state index in [4.69, 9.17) is 13.9 Å². The number of benzene rings is 2. The summed E-state index contributed by atoms with van der Waals surface area (Å²) >= 11 is 3.06. The molecule has 0 spiro atoms. The summed E-state index contributed by atoms with van der Waals surface area (Å²) in [5, 5.41) is 28.7. The van der Waals surface area contributed by atoms with Crippen LogP contribution >= 0.6 is 15.9 Å². The molecule has 0 atom stereocenters. The number of non-ortho nitro benzene ring substituents is 1. The fourth-order valence-corrected chi connectivity index (χ4v) is 3.59. The van der Waals surface area contributed by atoms with Crippen LogP contribution < -0.4 is 14.8 Å². The molecule has 2 aromatic carbocycles. The van der Waals surface area contributed by atoms with Gasteiger partial charge in [0.2, 0.25) is 0 Å². The molecular formula is C22H16BrN5O8. The number of methoxy groups -OCH3 is 1. The van der Waals surface area contributed by atoms with E-state index in [1.165, 1.54) is 48.3 Å². The zero-order chi connectivity index (χ0) is 25.8. The number of anilines is 1. The van der Waals surface area contributed by atoms with E-state index < -0.39 is 15.8 Å². The van der Waals surface area contributed by atoms with Crippen LogP contribution in [0.4, 0.5) is 17.2 Å². The Bertz CT molecular complexity index is 1450. The number of ether oxygens (including phenoxy) is 2. The number of carbonyl (C=O) groups is 1. The minimum absolute atomic E-state index is 0.0381. The lowest BCUT2D eigenvalue weighted by Gasteiger charge is -2.09. The highest BCUT2D eigenvalue weighted by Gasteiger charge is 2.20. The van der Waals surface area contributed by atoms with Crippen molar-refractivity contribution in [2.24, 2.45) is 0 Å². The fraction of sp³-hybridized carbons (Fsp3) is 0.0909. The van der Waals surface area contributed by atoms with Crippen LogP contribution in [-0.2, 0) is 6.54 Å². The molecule has 2 heterocycles. The summed E-state index contributed by atoms with van der Waals surface area (Å²) in [4.78, 5) is 33.8. The number of rotatable bonds is 9. The normalized spacial score (nSPS) is 10.6. The first-order valence-corrected chi connectivity index (χ1v) is 10.9. The predicted molar refractivity (Wildman–Crippen MR) is 129 cm³/mol. The van der Waals surface area contributed by atoms with Gasteiger partial charge in [-0.1, -0.05) is 0 Å². The van der Waals surface area contributed by atoms with Crippen LogP contribution in [0.3, 0.4) is 0 Å². The van der Waals surface area contributed by atoms with Crippen LogP contribution in [0.5, 0.6) is 17.2 Å². The monoisotopic (exact) mass is 557 g/mol. The number of nitrogens with one attached hydrogen (secondary N) is 1. The quantitative estimate of drug-likeness (QED) is 0.216. The van der Waals surface area contributed by atoms with Crippen LogP contribution in [0.2, 0.25) is 0 Å². The lowest BCUT2D eigenvalue weighted by atomic mass is 10.2. The summed E-state index contributed by atoms with van der Waals surface area (Å²) in [6, 6.07) is 13.4. The average molecular weight is 558 g/mol. The second-order valence-corrected chi connectivity index (χ2v) is 8.08. The Hall–Kier alpha value is -4.72. The third-order valence-electron chi connectivity index (χ3n) is 4.73. The van der Waals surface area contributed by atoms with E-state index in [-0.39, 0.29) is 39.7 Å². The molecule has 0 saturated carbocycles. The van der Waals surface area contributed by atoms with Gasteiger partial charge in [0.15, 0.2) is 5.76 Å². The number of carbonyl (C=O) groups excluding carboxylic acids is 1. The molecule has 0 bridgehead atoms. The van der Waals surface area contributed by atoms with E-state index in [9.17, 15) is 25.0 Å². The SMILES string of the molecule is COc1ccc(Oc2cc(NC(=O)c3ccc(Cn4cc(Br)c([N+](=O)[O-])n4)o3)cc([N+](=O)[O-])c2)cc1. The van der Waals surface area contributed by atoms with Crippen LogP contribution in [0.1, 0.15) is 16.3 Å². The minimum atomic E-state index is -0.662. The number of hydrogen-bond acceptors (Lipinski definition) is 9. The highest BCUT2D eigenvalue weighted by atomic mass is 79.9. The Morgan fingerprint density at radius 2 is 1.78 bits per heavy atom. The first-order chi connectivity index (χ1) is 17.2. The number of furan rings is 1. The summed E-state index contributed by atoms with van der Waals surface area (Å²) < 4.78 is 17.8. The smallest absolute Gasteiger partial charge is 0.404 e. The van der Waals surface area contributed by atoms with Crippen molar-refractivity contribution in [2.45, 2.75) is 6.54 Å². The van der Waals surface area contributed by atoms with Crippen molar-refractivity contribution in [3.05, 3.63) is 97.0 Å². The molecular weight excluding hydrogens is 542 g/mol. The van der Waals surface area contributed by atoms with Gasteiger partial charge < -0.3 is 29.3 Å². The maximum Gasteiger partial charge on any atom is 0.404 e. The lowest BCUT2D eigenvalue weighted by Crippen LogP contribution is -2.11. The Morgan fingerprint density at radius 1 is 1.06 bits per heavy atom. The van der Waals surface area contributed by atoms with Crippen molar-refractivity contribution in [1.82, 2.24) is 9.78 Å². The molecule has 0 aliphatic heterocycles. The van der Waals surface area contributed by atoms with Crippen LogP contribution in [0, 0.1) is 20.2 Å². The summed E-state index contributed by atoms with van der Waals surface area (Å²) in [6.45, 7) is 0.0381. The van der Waals surface area contributed by atoms with Gasteiger partial charge in [-0.15, -0.1) is 0 Å². The molecule has 0 radical (unpaired) electrons. The van der Waals surface area contributed by atoms with E-state index in [2.05, 4.69) is 26.3 Å². The third kappa shape index (κ3) is 5.67. The molecule has 4 aromatic rings. The van der Waals surface area contributed by atoms with Crippen molar-refractivity contribution < 1.29 is 28.5 Å². The van der Waals surface area contributed by atoms with E-state index in [0.717, 1.165) is 0 Å². The van der Waals surface area contributed by atoms with E-state index in [1.54, 1.807) is 24.3 Å². The van der Waals surface area contributed by atoms with E-state index in [1.807, 2.05) is 0 Å². The Balaban J connectivity index is 1.49. The van der Waals surface area contributed by atoms with Gasteiger partial charge in [-0.2, -0.15) is 4.68 Å². The molecule has 4 rings (SSSR count). The van der Waals surface area contributed by atoms with Gasteiger partial charge in [-0.3, -0.25) is 14.9 Å². The van der Waals surface area contributed by atoms with Gasteiger partial charge in [0, 0.05) is 12.1 Å². The summed E-state index contributed by atoms with van der Waals surface area (Å²) in [5.41, 5.74) is -0.176. The lowest BCUT2D eigenvalue weighted by molar-refractivity contribution is -0.390. The van der Waals surface area contributed by atoms with Gasteiger partial charge >= 0.3 is 5.82 Å². The molecule has 1 N–H and O–H groups in total. The van der Waals surface area contributed by atoms with Crippen molar-refractivity contribution in [3.63, 3.8) is 0 Å². The van der Waals surface area contributed by atoms with Crippen molar-refractivity contribution >= 4 is 39.0 Å². The number of hydrogen-bond donors (Lipinski definition) is 1. The Labute approximate surface area is 210 Å². The van der Waals surface area contributed by atoms with Gasteiger partial charge in [0.25, 0.3) is 11.6 Å². The second-order valence-electron chi connectivity index (χ2n) is 7.23. The van der Waals surface area contributed by atoms with E-state index in [0.29, 0.717) is 17.3 Å². The maximum absolute atomic E-state index is 12.7. The number of aromatic nitrogens is 2. The van der Waals surface area contributed by atoms with Crippen molar-refractivity contribution in [2.75, 3.05) is 12.4 Å². The molecule has 13 nitrogen and oxygen atoms in total. The van der Waals surface area contributed by atoms with E-state index >= 15 is 0 Å².